The maximum atomic E-state index is 4.07. The minimum Gasteiger partial charge on any atom is -0.375 e. The third-order valence-electron chi connectivity index (χ3n) is 4.97. The van der Waals surface area contributed by atoms with Crippen LogP contribution in [0.5, 0.6) is 0 Å². The molecule has 1 aromatic carbocycles. The van der Waals surface area contributed by atoms with E-state index in [1.54, 1.807) is 11.1 Å². The van der Waals surface area contributed by atoms with Gasteiger partial charge in [0.05, 0.1) is 0 Å². The Hall–Kier alpha value is -1.24. The zero-order valence-corrected chi connectivity index (χ0v) is 11.4. The molecule has 3 rings (SSSR count). The number of rotatable bonds is 1. The summed E-state index contributed by atoms with van der Waals surface area (Å²) >= 11 is 0. The van der Waals surface area contributed by atoms with Crippen LogP contribution in [0.2, 0.25) is 0 Å². The van der Waals surface area contributed by atoms with Gasteiger partial charge >= 0.3 is 0 Å². The highest BCUT2D eigenvalue weighted by Gasteiger charge is 2.37. The van der Waals surface area contributed by atoms with Gasteiger partial charge in [0.2, 0.25) is 0 Å². The van der Waals surface area contributed by atoms with Gasteiger partial charge in [0.15, 0.2) is 0 Å². The summed E-state index contributed by atoms with van der Waals surface area (Å²) < 4.78 is 0. The zero-order chi connectivity index (χ0) is 12.6. The topological polar surface area (TPSA) is 3.24 Å². The average molecular weight is 241 g/mol. The Morgan fingerprint density at radius 1 is 1.11 bits per heavy atom. The van der Waals surface area contributed by atoms with Crippen molar-refractivity contribution in [3.8, 4) is 0 Å². The highest BCUT2D eigenvalue weighted by molar-refractivity contribution is 5.31. The molecule has 1 fully saturated rings. The minimum atomic E-state index is 0.584. The second-order valence-electron chi connectivity index (χ2n) is 6.17. The van der Waals surface area contributed by atoms with Crippen LogP contribution in [0.1, 0.15) is 37.3 Å². The van der Waals surface area contributed by atoms with E-state index in [1.165, 1.54) is 50.9 Å². The summed E-state index contributed by atoms with van der Waals surface area (Å²) in [6.07, 6.45) is 6.65. The second-order valence-corrected chi connectivity index (χ2v) is 6.17. The first kappa shape index (κ1) is 11.8. The summed E-state index contributed by atoms with van der Waals surface area (Å²) in [6.45, 7) is 8.62. The van der Waals surface area contributed by atoms with Crippen LogP contribution in [0, 0.1) is 5.41 Å². The number of piperidine rings is 1. The molecule has 0 saturated carbocycles. The van der Waals surface area contributed by atoms with E-state index < -0.39 is 0 Å². The summed E-state index contributed by atoms with van der Waals surface area (Å²) in [5.74, 6) is 0. The van der Waals surface area contributed by atoms with Gasteiger partial charge in [0.25, 0.3) is 0 Å². The van der Waals surface area contributed by atoms with Crippen LogP contribution in [0.15, 0.2) is 36.5 Å². The molecule has 0 aromatic heterocycles. The lowest BCUT2D eigenvalue weighted by atomic mass is 9.66. The van der Waals surface area contributed by atoms with E-state index in [-0.39, 0.29) is 0 Å². The van der Waals surface area contributed by atoms with Gasteiger partial charge < -0.3 is 4.90 Å². The van der Waals surface area contributed by atoms with E-state index in [9.17, 15) is 0 Å². The fourth-order valence-electron chi connectivity index (χ4n) is 3.66. The number of hydrogen-bond donors (Lipinski definition) is 0. The summed E-state index contributed by atoms with van der Waals surface area (Å²) in [4.78, 5) is 2.45. The van der Waals surface area contributed by atoms with Gasteiger partial charge in [-0.25, -0.2) is 0 Å². The van der Waals surface area contributed by atoms with Crippen LogP contribution >= 0.6 is 0 Å². The Morgan fingerprint density at radius 3 is 2.44 bits per heavy atom. The van der Waals surface area contributed by atoms with Crippen LogP contribution < -0.4 is 0 Å². The molecule has 0 bridgehead atoms. The molecular weight excluding hydrogens is 218 g/mol. The Morgan fingerprint density at radius 2 is 1.78 bits per heavy atom. The van der Waals surface area contributed by atoms with Gasteiger partial charge in [-0.3, -0.25) is 0 Å². The fourth-order valence-corrected chi connectivity index (χ4v) is 3.66. The number of likely N-dealkylation sites (tertiary alicyclic amines) is 1. The molecule has 1 heterocycles. The van der Waals surface area contributed by atoms with Crippen molar-refractivity contribution >= 4 is 0 Å². The molecule has 1 nitrogen and oxygen atoms in total. The first-order valence-corrected chi connectivity index (χ1v) is 7.16. The Labute approximate surface area is 111 Å². The van der Waals surface area contributed by atoms with Gasteiger partial charge in [0.1, 0.15) is 0 Å². The molecule has 0 unspecified atom stereocenters. The molecule has 1 aliphatic heterocycles. The van der Waals surface area contributed by atoms with Crippen LogP contribution in [-0.4, -0.2) is 18.0 Å². The van der Waals surface area contributed by atoms with Crippen molar-refractivity contribution in [3.63, 3.8) is 0 Å². The fraction of sp³-hybridized carbons (Fsp3) is 0.529. The van der Waals surface area contributed by atoms with Crippen molar-refractivity contribution in [3.05, 3.63) is 47.7 Å². The Kier molecular flexibility index (Phi) is 2.93. The zero-order valence-electron chi connectivity index (χ0n) is 11.4. The van der Waals surface area contributed by atoms with E-state index in [2.05, 4.69) is 42.7 Å². The maximum Gasteiger partial charge on any atom is 0.0180 e. The lowest BCUT2D eigenvalue weighted by molar-refractivity contribution is 0.110. The molecule has 0 atom stereocenters. The quantitative estimate of drug-likeness (QED) is 0.723. The van der Waals surface area contributed by atoms with Crippen molar-refractivity contribution < 1.29 is 0 Å². The molecule has 1 aromatic rings. The highest BCUT2D eigenvalue weighted by atomic mass is 15.1. The lowest BCUT2D eigenvalue weighted by Crippen LogP contribution is -2.41. The van der Waals surface area contributed by atoms with Crippen LogP contribution in [0.25, 0.3) is 0 Å². The Balaban J connectivity index is 1.74. The largest absolute Gasteiger partial charge is 0.375 e. The van der Waals surface area contributed by atoms with Gasteiger partial charge in [-0.15, -0.1) is 0 Å². The van der Waals surface area contributed by atoms with Gasteiger partial charge in [-0.1, -0.05) is 30.8 Å². The Bertz CT molecular complexity index is 452. The van der Waals surface area contributed by atoms with Crippen molar-refractivity contribution in [1.29, 1.82) is 0 Å². The number of benzene rings is 1. The number of allylic oxidation sites excluding steroid dienone is 1. The predicted octanol–water partition coefficient (Wildman–Crippen LogP) is 3.79. The SMILES string of the molecule is C=C(C)N1CCC2(CCc3ccccc3C2)CC1. The van der Waals surface area contributed by atoms with Crippen molar-refractivity contribution in [2.45, 2.75) is 39.0 Å². The van der Waals surface area contributed by atoms with Crippen LogP contribution in [0.4, 0.5) is 0 Å². The summed E-state index contributed by atoms with van der Waals surface area (Å²) in [5.41, 5.74) is 5.01. The molecule has 1 heteroatoms. The molecule has 18 heavy (non-hydrogen) atoms. The monoisotopic (exact) mass is 241 g/mol. The standard InChI is InChI=1S/C17H23N/c1-14(2)18-11-9-17(10-12-18)8-7-15-5-3-4-6-16(15)13-17/h3-6H,1,7-13H2,2H3. The predicted molar refractivity (Wildman–Crippen MR) is 76.5 cm³/mol. The molecule has 0 radical (unpaired) electrons. The molecule has 1 aliphatic carbocycles. The summed E-state index contributed by atoms with van der Waals surface area (Å²) in [6, 6.07) is 9.02. The normalized spacial score (nSPS) is 21.7. The third-order valence-corrected chi connectivity index (χ3v) is 4.97. The van der Waals surface area contributed by atoms with Crippen LogP contribution in [0.3, 0.4) is 0 Å². The first-order valence-electron chi connectivity index (χ1n) is 7.16. The molecule has 1 saturated heterocycles. The van der Waals surface area contributed by atoms with E-state index in [0.29, 0.717) is 5.41 Å². The number of fused-ring (bicyclic) bond motifs is 1. The molecule has 96 valence electrons. The number of hydrogen-bond acceptors (Lipinski definition) is 1. The molecule has 2 aliphatic rings. The highest BCUT2D eigenvalue weighted by Crippen LogP contribution is 2.43. The van der Waals surface area contributed by atoms with E-state index in [0.717, 1.165) is 0 Å². The first-order chi connectivity index (χ1) is 8.69. The van der Waals surface area contributed by atoms with Crippen molar-refractivity contribution in [1.82, 2.24) is 4.90 Å². The lowest BCUT2D eigenvalue weighted by Gasteiger charge is -2.45. The van der Waals surface area contributed by atoms with Crippen molar-refractivity contribution in [2.24, 2.45) is 5.41 Å². The molecular formula is C17H23N. The second kappa shape index (κ2) is 4.46. The van der Waals surface area contributed by atoms with Gasteiger partial charge in [0, 0.05) is 18.8 Å². The molecule has 0 amide bonds. The number of nitrogens with zero attached hydrogens (tertiary/aromatic N) is 1. The summed E-state index contributed by atoms with van der Waals surface area (Å²) in [7, 11) is 0. The van der Waals surface area contributed by atoms with E-state index >= 15 is 0 Å². The third kappa shape index (κ3) is 2.07. The minimum absolute atomic E-state index is 0.584. The van der Waals surface area contributed by atoms with Crippen molar-refractivity contribution in [2.75, 3.05) is 13.1 Å². The van der Waals surface area contributed by atoms with E-state index in [4.69, 9.17) is 0 Å². The van der Waals surface area contributed by atoms with E-state index in [1.807, 2.05) is 0 Å². The van der Waals surface area contributed by atoms with Gasteiger partial charge in [-0.05, 0) is 55.6 Å². The molecule has 0 N–H and O–H groups in total. The molecule has 1 spiro atoms. The maximum absolute atomic E-state index is 4.07. The summed E-state index contributed by atoms with van der Waals surface area (Å²) in [5, 5.41) is 0. The van der Waals surface area contributed by atoms with Crippen LogP contribution in [-0.2, 0) is 12.8 Å². The number of aryl methyl sites for hydroxylation is 1. The smallest absolute Gasteiger partial charge is 0.0180 e. The average Bonchev–Trinajstić information content (AvgIpc) is 2.39. The van der Waals surface area contributed by atoms with Gasteiger partial charge in [-0.2, -0.15) is 0 Å².